The number of fused-ring (bicyclic) bond motifs is 1. The molecule has 90 valence electrons. The van der Waals surface area contributed by atoms with Gasteiger partial charge in [-0.2, -0.15) is 0 Å². The van der Waals surface area contributed by atoms with Crippen LogP contribution in [0.2, 0.25) is 0 Å². The number of rotatable bonds is 4. The van der Waals surface area contributed by atoms with Crippen molar-refractivity contribution in [3.63, 3.8) is 0 Å². The third-order valence-electron chi connectivity index (χ3n) is 3.79. The van der Waals surface area contributed by atoms with Crippen LogP contribution < -0.4 is 5.32 Å². The molecule has 0 fully saturated rings. The van der Waals surface area contributed by atoms with E-state index in [2.05, 4.69) is 48.5 Å². The first-order chi connectivity index (χ1) is 8.36. The predicted molar refractivity (Wildman–Crippen MR) is 73.0 cm³/mol. The van der Waals surface area contributed by atoms with Crippen LogP contribution in [0.5, 0.6) is 0 Å². The van der Waals surface area contributed by atoms with E-state index in [1.54, 1.807) is 11.1 Å². The third-order valence-corrected chi connectivity index (χ3v) is 3.79. The second-order valence-electron chi connectivity index (χ2n) is 4.70. The molecule has 1 nitrogen and oxygen atoms in total. The van der Waals surface area contributed by atoms with E-state index in [4.69, 9.17) is 0 Å². The van der Waals surface area contributed by atoms with Crippen molar-refractivity contribution in [3.05, 3.63) is 35.4 Å². The molecule has 2 rings (SSSR count). The average molecular weight is 227 g/mol. The minimum absolute atomic E-state index is 0.569. The highest BCUT2D eigenvalue weighted by Gasteiger charge is 2.27. The van der Waals surface area contributed by atoms with E-state index in [0.717, 1.165) is 12.8 Å². The number of hydrogen-bond donors (Lipinski definition) is 1. The fraction of sp³-hybridized carbons (Fsp3) is 0.500. The summed E-state index contributed by atoms with van der Waals surface area (Å²) in [7, 11) is 2.07. The number of aryl methyl sites for hydroxylation is 1. The summed E-state index contributed by atoms with van der Waals surface area (Å²) in [5, 5.41) is 3.48. The molecule has 1 aliphatic rings. The van der Waals surface area contributed by atoms with Crippen LogP contribution in [0.15, 0.2) is 24.3 Å². The molecular formula is C16H21N. The Hall–Kier alpha value is -1.26. The van der Waals surface area contributed by atoms with Gasteiger partial charge in [0, 0.05) is 12.5 Å². The second kappa shape index (κ2) is 5.89. The first-order valence-electron chi connectivity index (χ1n) is 6.51. The zero-order chi connectivity index (χ0) is 12.1. The van der Waals surface area contributed by atoms with Gasteiger partial charge in [0.25, 0.3) is 0 Å². The van der Waals surface area contributed by atoms with Gasteiger partial charge in [0.05, 0.1) is 0 Å². The van der Waals surface area contributed by atoms with Gasteiger partial charge < -0.3 is 5.32 Å². The fourth-order valence-electron chi connectivity index (χ4n) is 2.91. The van der Waals surface area contributed by atoms with Crippen LogP contribution in [0, 0.1) is 11.8 Å². The molecule has 0 spiro atoms. The molecule has 2 unspecified atom stereocenters. The van der Waals surface area contributed by atoms with Crippen LogP contribution in [0.4, 0.5) is 0 Å². The maximum absolute atomic E-state index is 3.48. The summed E-state index contributed by atoms with van der Waals surface area (Å²) in [4.78, 5) is 0. The Morgan fingerprint density at radius 2 is 2.24 bits per heavy atom. The Bertz CT molecular complexity index is 425. The standard InChI is InChI=1S/C16H21N/c1-3-4-5-10-16(17-2)15-12-11-13-8-6-7-9-14(13)15/h6-9,15-17H,5,10-12H2,1-2H3. The Kier molecular flexibility index (Phi) is 4.23. The van der Waals surface area contributed by atoms with Gasteiger partial charge >= 0.3 is 0 Å². The van der Waals surface area contributed by atoms with E-state index in [0.29, 0.717) is 12.0 Å². The van der Waals surface area contributed by atoms with Gasteiger partial charge in [-0.25, -0.2) is 0 Å². The molecule has 1 N–H and O–H groups in total. The molecule has 0 saturated heterocycles. The topological polar surface area (TPSA) is 12.0 Å². The van der Waals surface area contributed by atoms with Crippen molar-refractivity contribution in [2.24, 2.45) is 0 Å². The minimum Gasteiger partial charge on any atom is -0.316 e. The Balaban J connectivity index is 2.08. The molecule has 1 aromatic carbocycles. The molecule has 0 radical (unpaired) electrons. The van der Waals surface area contributed by atoms with Gasteiger partial charge in [0.1, 0.15) is 0 Å². The summed E-state index contributed by atoms with van der Waals surface area (Å²) >= 11 is 0. The van der Waals surface area contributed by atoms with Gasteiger partial charge in [-0.1, -0.05) is 24.3 Å². The normalized spacial score (nSPS) is 19.3. The molecule has 1 heteroatoms. The predicted octanol–water partition coefficient (Wildman–Crippen LogP) is 3.11. The van der Waals surface area contributed by atoms with Crippen LogP contribution in [0.1, 0.15) is 43.2 Å². The highest BCUT2D eigenvalue weighted by atomic mass is 14.9. The van der Waals surface area contributed by atoms with Gasteiger partial charge in [0.15, 0.2) is 0 Å². The maximum Gasteiger partial charge on any atom is 0.0142 e. The summed E-state index contributed by atoms with van der Waals surface area (Å²) in [6.07, 6.45) is 4.67. The molecule has 0 saturated carbocycles. The molecule has 1 aliphatic carbocycles. The summed E-state index contributed by atoms with van der Waals surface area (Å²) in [6, 6.07) is 9.45. The molecular weight excluding hydrogens is 206 g/mol. The van der Waals surface area contributed by atoms with E-state index in [1.807, 2.05) is 6.92 Å². The lowest BCUT2D eigenvalue weighted by atomic mass is 9.90. The molecule has 0 heterocycles. The van der Waals surface area contributed by atoms with Crippen LogP contribution in [-0.4, -0.2) is 13.1 Å². The zero-order valence-corrected chi connectivity index (χ0v) is 10.8. The van der Waals surface area contributed by atoms with E-state index < -0.39 is 0 Å². The highest BCUT2D eigenvalue weighted by molar-refractivity contribution is 5.36. The van der Waals surface area contributed by atoms with Crippen molar-refractivity contribution in [2.45, 2.75) is 44.6 Å². The third kappa shape index (κ3) is 2.70. The number of likely N-dealkylation sites (N-methyl/N-ethyl adjacent to an activating group) is 1. The largest absolute Gasteiger partial charge is 0.316 e. The summed E-state index contributed by atoms with van der Waals surface area (Å²) < 4.78 is 0. The average Bonchev–Trinajstić information content (AvgIpc) is 2.79. The second-order valence-corrected chi connectivity index (χ2v) is 4.70. The Labute approximate surface area is 105 Å². The lowest BCUT2D eigenvalue weighted by Crippen LogP contribution is -2.31. The van der Waals surface area contributed by atoms with Crippen molar-refractivity contribution < 1.29 is 0 Å². The first kappa shape index (κ1) is 12.2. The summed E-state index contributed by atoms with van der Waals surface area (Å²) in [5.74, 6) is 6.83. The van der Waals surface area contributed by atoms with Gasteiger partial charge in [-0.15, -0.1) is 11.8 Å². The van der Waals surface area contributed by atoms with Crippen molar-refractivity contribution in [1.82, 2.24) is 5.32 Å². The van der Waals surface area contributed by atoms with Crippen LogP contribution >= 0.6 is 0 Å². The van der Waals surface area contributed by atoms with E-state index >= 15 is 0 Å². The lowest BCUT2D eigenvalue weighted by molar-refractivity contribution is 0.437. The smallest absolute Gasteiger partial charge is 0.0142 e. The van der Waals surface area contributed by atoms with Gasteiger partial charge in [-0.3, -0.25) is 0 Å². The zero-order valence-electron chi connectivity index (χ0n) is 10.8. The first-order valence-corrected chi connectivity index (χ1v) is 6.51. The number of benzene rings is 1. The highest BCUT2D eigenvalue weighted by Crippen LogP contribution is 2.36. The van der Waals surface area contributed by atoms with Crippen LogP contribution in [0.25, 0.3) is 0 Å². The number of hydrogen-bond acceptors (Lipinski definition) is 1. The SMILES string of the molecule is CC#CCCC(NC)C1CCc2ccccc21. The molecule has 2 atom stereocenters. The molecule has 0 aliphatic heterocycles. The van der Waals surface area contributed by atoms with E-state index in [9.17, 15) is 0 Å². The van der Waals surface area contributed by atoms with Crippen molar-refractivity contribution >= 4 is 0 Å². The van der Waals surface area contributed by atoms with Crippen LogP contribution in [-0.2, 0) is 6.42 Å². The Morgan fingerprint density at radius 3 is 3.00 bits per heavy atom. The fourth-order valence-corrected chi connectivity index (χ4v) is 2.91. The molecule has 1 aromatic rings. The van der Waals surface area contributed by atoms with Crippen molar-refractivity contribution in [3.8, 4) is 11.8 Å². The van der Waals surface area contributed by atoms with E-state index in [-0.39, 0.29) is 0 Å². The maximum atomic E-state index is 3.48. The molecule has 0 bridgehead atoms. The quantitative estimate of drug-likeness (QED) is 0.779. The molecule has 0 amide bonds. The van der Waals surface area contributed by atoms with Crippen molar-refractivity contribution in [2.75, 3.05) is 7.05 Å². The molecule has 17 heavy (non-hydrogen) atoms. The monoisotopic (exact) mass is 227 g/mol. The Morgan fingerprint density at radius 1 is 1.41 bits per heavy atom. The van der Waals surface area contributed by atoms with Gasteiger partial charge in [0.2, 0.25) is 0 Å². The minimum atomic E-state index is 0.569. The summed E-state index contributed by atoms with van der Waals surface area (Å²) in [6.45, 7) is 1.92. The lowest BCUT2D eigenvalue weighted by Gasteiger charge is -2.23. The molecule has 0 aromatic heterocycles. The number of nitrogens with one attached hydrogen (secondary N) is 1. The van der Waals surface area contributed by atoms with Crippen LogP contribution in [0.3, 0.4) is 0 Å². The summed E-state index contributed by atoms with van der Waals surface area (Å²) in [5.41, 5.74) is 3.09. The van der Waals surface area contributed by atoms with E-state index in [1.165, 1.54) is 12.8 Å². The van der Waals surface area contributed by atoms with Gasteiger partial charge in [-0.05, 0) is 50.3 Å². The van der Waals surface area contributed by atoms with Crippen molar-refractivity contribution in [1.29, 1.82) is 0 Å².